The largest absolute Gasteiger partial charge is 0.310 e. The lowest BCUT2D eigenvalue weighted by Gasteiger charge is -2.33. The molecule has 7 heteroatoms. The van der Waals surface area contributed by atoms with Gasteiger partial charge in [-0.1, -0.05) is 48.0 Å². The number of rotatable bonds is 3. The van der Waals surface area contributed by atoms with Gasteiger partial charge in [-0.2, -0.15) is 0 Å². The summed E-state index contributed by atoms with van der Waals surface area (Å²) in [6, 6.07) is 20.5. The minimum atomic E-state index is -1.18. The molecule has 168 valence electrons. The summed E-state index contributed by atoms with van der Waals surface area (Å²) in [6.07, 6.45) is 0. The summed E-state index contributed by atoms with van der Waals surface area (Å²) in [4.78, 5) is 30.1. The Bertz CT molecular complexity index is 1260. The topological polar surface area (TPSA) is 40.6 Å². The van der Waals surface area contributed by atoms with Crippen LogP contribution in [-0.4, -0.2) is 28.0 Å². The molecule has 4 nitrogen and oxygen atoms in total. The van der Waals surface area contributed by atoms with Gasteiger partial charge >= 0.3 is 0 Å². The number of anilines is 1. The third-order valence-corrected chi connectivity index (χ3v) is 7.84. The molecule has 0 unspecified atom stereocenters. The number of para-hydroxylation sites is 1. The van der Waals surface area contributed by atoms with E-state index in [0.717, 1.165) is 16.8 Å². The van der Waals surface area contributed by atoms with E-state index < -0.39 is 4.87 Å². The van der Waals surface area contributed by atoms with Crippen molar-refractivity contribution in [3.8, 4) is 0 Å². The van der Waals surface area contributed by atoms with Crippen LogP contribution in [0.5, 0.6) is 0 Å². The number of halogens is 2. The van der Waals surface area contributed by atoms with Crippen LogP contribution in [0.2, 0.25) is 5.02 Å². The number of hydrogen-bond acceptors (Lipinski definition) is 3. The van der Waals surface area contributed by atoms with E-state index in [-0.39, 0.29) is 28.9 Å². The number of thioether (sulfide) groups is 1. The molecular formula is C26H22ClFN2O2S. The zero-order valence-corrected chi connectivity index (χ0v) is 19.8. The van der Waals surface area contributed by atoms with Crippen molar-refractivity contribution in [3.63, 3.8) is 0 Å². The molecule has 1 fully saturated rings. The van der Waals surface area contributed by atoms with E-state index in [0.29, 0.717) is 17.1 Å². The Labute approximate surface area is 201 Å². The second kappa shape index (κ2) is 7.89. The van der Waals surface area contributed by atoms with Crippen molar-refractivity contribution in [2.45, 2.75) is 30.0 Å². The molecule has 2 aliphatic rings. The Hall–Kier alpha value is -2.83. The van der Waals surface area contributed by atoms with Gasteiger partial charge in [0.25, 0.3) is 11.8 Å². The molecule has 1 atom stereocenters. The van der Waals surface area contributed by atoms with Gasteiger partial charge in [-0.15, -0.1) is 11.8 Å². The van der Waals surface area contributed by atoms with E-state index in [9.17, 15) is 14.0 Å². The minimum Gasteiger partial charge on any atom is -0.310 e. The van der Waals surface area contributed by atoms with Crippen molar-refractivity contribution in [2.24, 2.45) is 0 Å². The van der Waals surface area contributed by atoms with E-state index in [4.69, 9.17) is 11.6 Å². The van der Waals surface area contributed by atoms with Crippen molar-refractivity contribution in [3.05, 3.63) is 100 Å². The van der Waals surface area contributed by atoms with Gasteiger partial charge in [0.1, 0.15) is 5.82 Å². The predicted molar refractivity (Wildman–Crippen MR) is 130 cm³/mol. The Morgan fingerprint density at radius 3 is 2.52 bits per heavy atom. The summed E-state index contributed by atoms with van der Waals surface area (Å²) in [7, 11) is 0. The molecule has 5 rings (SSSR count). The second-order valence-electron chi connectivity index (χ2n) is 8.94. The second-order valence-corrected chi connectivity index (χ2v) is 11.3. The van der Waals surface area contributed by atoms with Crippen LogP contribution in [0.3, 0.4) is 0 Å². The molecule has 0 saturated carbocycles. The summed E-state index contributed by atoms with van der Waals surface area (Å²) in [5, 5.41) is 0.470. The van der Waals surface area contributed by atoms with Gasteiger partial charge in [0.15, 0.2) is 4.87 Å². The van der Waals surface area contributed by atoms with Crippen LogP contribution in [0.25, 0.3) is 0 Å². The summed E-state index contributed by atoms with van der Waals surface area (Å²) in [5.41, 5.74) is 2.82. The highest BCUT2D eigenvalue weighted by atomic mass is 35.5. The number of carbonyl (C=O) groups is 2. The normalized spacial score (nSPS) is 21.0. The quantitative estimate of drug-likeness (QED) is 0.472. The average molecular weight is 481 g/mol. The summed E-state index contributed by atoms with van der Waals surface area (Å²) < 4.78 is 13.1. The van der Waals surface area contributed by atoms with Crippen LogP contribution in [-0.2, 0) is 16.2 Å². The van der Waals surface area contributed by atoms with E-state index in [1.807, 2.05) is 38.1 Å². The highest BCUT2D eigenvalue weighted by Gasteiger charge is 2.63. The smallest absolute Gasteiger partial charge is 0.268 e. The summed E-state index contributed by atoms with van der Waals surface area (Å²) >= 11 is 7.66. The van der Waals surface area contributed by atoms with E-state index in [2.05, 4.69) is 0 Å². The molecule has 33 heavy (non-hydrogen) atoms. The fourth-order valence-electron chi connectivity index (χ4n) is 4.66. The van der Waals surface area contributed by atoms with Crippen molar-refractivity contribution in [1.29, 1.82) is 0 Å². The molecule has 1 saturated heterocycles. The maximum atomic E-state index is 14.2. The molecule has 3 aromatic carbocycles. The van der Waals surface area contributed by atoms with E-state index in [1.54, 1.807) is 46.2 Å². The first kappa shape index (κ1) is 22.0. The fourth-order valence-corrected chi connectivity index (χ4v) is 6.58. The van der Waals surface area contributed by atoms with Crippen LogP contribution in [0.4, 0.5) is 10.1 Å². The third-order valence-electron chi connectivity index (χ3n) is 6.01. The first-order valence-corrected chi connectivity index (χ1v) is 11.8. The molecule has 1 spiro atoms. The molecule has 2 heterocycles. The fraction of sp³-hybridized carbons (Fsp3) is 0.231. The Balaban J connectivity index is 1.62. The highest BCUT2D eigenvalue weighted by molar-refractivity contribution is 8.02. The molecule has 2 amide bonds. The lowest BCUT2D eigenvalue weighted by molar-refractivity contribution is -0.123. The van der Waals surface area contributed by atoms with Crippen LogP contribution in [0.1, 0.15) is 35.3 Å². The number of amides is 2. The number of benzene rings is 3. The standard InChI is InChI=1S/C26H22ClFN2O2S/c1-25(2)16-30(23(31)18-6-5-7-19(27)14-18)26(33-25)21-8-3-4-9-22(21)29(24(26)32)15-17-10-12-20(28)13-11-17/h3-14H,15-16H2,1-2H3/t26-/m0/s1. The maximum absolute atomic E-state index is 14.2. The maximum Gasteiger partial charge on any atom is 0.268 e. The van der Waals surface area contributed by atoms with Crippen molar-refractivity contribution in [2.75, 3.05) is 11.4 Å². The average Bonchev–Trinajstić information content (AvgIpc) is 3.21. The van der Waals surface area contributed by atoms with Crippen LogP contribution in [0.15, 0.2) is 72.8 Å². The number of carbonyl (C=O) groups excluding carboxylic acids is 2. The van der Waals surface area contributed by atoms with Crippen LogP contribution < -0.4 is 4.90 Å². The van der Waals surface area contributed by atoms with Crippen LogP contribution >= 0.6 is 23.4 Å². The Kier molecular flexibility index (Phi) is 5.26. The Morgan fingerprint density at radius 2 is 1.79 bits per heavy atom. The zero-order valence-electron chi connectivity index (χ0n) is 18.2. The number of nitrogens with zero attached hydrogens (tertiary/aromatic N) is 2. The molecule has 2 aliphatic heterocycles. The summed E-state index contributed by atoms with van der Waals surface area (Å²) in [6.45, 7) is 4.79. The van der Waals surface area contributed by atoms with Gasteiger partial charge in [0, 0.05) is 27.4 Å². The molecular weight excluding hydrogens is 459 g/mol. The zero-order chi connectivity index (χ0) is 23.4. The van der Waals surface area contributed by atoms with Gasteiger partial charge in [-0.05, 0) is 55.8 Å². The van der Waals surface area contributed by atoms with Gasteiger partial charge in [-0.25, -0.2) is 4.39 Å². The predicted octanol–water partition coefficient (Wildman–Crippen LogP) is 5.85. The number of hydrogen-bond donors (Lipinski definition) is 0. The first-order chi connectivity index (χ1) is 15.7. The van der Waals surface area contributed by atoms with Gasteiger partial charge in [-0.3, -0.25) is 9.59 Å². The minimum absolute atomic E-state index is 0.168. The monoisotopic (exact) mass is 480 g/mol. The lowest BCUT2D eigenvalue weighted by atomic mass is 10.0. The van der Waals surface area contributed by atoms with Crippen LogP contribution in [0, 0.1) is 5.82 Å². The summed E-state index contributed by atoms with van der Waals surface area (Å²) in [5.74, 6) is -0.726. The molecule has 0 bridgehead atoms. The Morgan fingerprint density at radius 1 is 1.06 bits per heavy atom. The molecule has 0 aromatic heterocycles. The molecule has 3 aromatic rings. The molecule has 0 N–H and O–H groups in total. The molecule has 0 radical (unpaired) electrons. The molecule has 0 aliphatic carbocycles. The van der Waals surface area contributed by atoms with Gasteiger partial charge < -0.3 is 9.80 Å². The van der Waals surface area contributed by atoms with E-state index in [1.165, 1.54) is 23.9 Å². The number of fused-ring (bicyclic) bond motifs is 2. The van der Waals surface area contributed by atoms with Gasteiger partial charge in [0.05, 0.1) is 12.2 Å². The van der Waals surface area contributed by atoms with Crippen molar-refractivity contribution in [1.82, 2.24) is 4.90 Å². The van der Waals surface area contributed by atoms with Crippen molar-refractivity contribution < 1.29 is 14.0 Å². The van der Waals surface area contributed by atoms with Gasteiger partial charge in [0.2, 0.25) is 0 Å². The first-order valence-electron chi connectivity index (χ1n) is 10.6. The lowest BCUT2D eigenvalue weighted by Crippen LogP contribution is -2.50. The highest BCUT2D eigenvalue weighted by Crippen LogP contribution is 2.60. The van der Waals surface area contributed by atoms with E-state index >= 15 is 0 Å². The van der Waals surface area contributed by atoms with Crippen molar-refractivity contribution >= 4 is 40.9 Å². The SMILES string of the molecule is CC1(C)CN(C(=O)c2cccc(Cl)c2)[C@@]2(S1)C(=O)N(Cc1ccc(F)cc1)c1ccccc12. The third kappa shape index (κ3) is 3.62.